The fourth-order valence-corrected chi connectivity index (χ4v) is 2.24. The van der Waals surface area contributed by atoms with Gasteiger partial charge in [0, 0.05) is 7.11 Å². The first-order valence-electron chi connectivity index (χ1n) is 7.12. The van der Waals surface area contributed by atoms with Crippen molar-refractivity contribution in [1.82, 2.24) is 14.8 Å². The second kappa shape index (κ2) is 6.44. The summed E-state index contributed by atoms with van der Waals surface area (Å²) in [7, 11) is 1.66. The Labute approximate surface area is 130 Å². The zero-order valence-electron chi connectivity index (χ0n) is 13.4. The van der Waals surface area contributed by atoms with Gasteiger partial charge in [0.2, 0.25) is 0 Å². The third-order valence-corrected chi connectivity index (χ3v) is 3.93. The Morgan fingerprint density at radius 2 is 1.86 bits per heavy atom. The van der Waals surface area contributed by atoms with Crippen LogP contribution in [0.5, 0.6) is 5.75 Å². The van der Waals surface area contributed by atoms with Gasteiger partial charge in [-0.3, -0.25) is 0 Å². The molecule has 0 aliphatic heterocycles. The highest BCUT2D eigenvalue weighted by Crippen LogP contribution is 2.35. The molecule has 6 heteroatoms. The highest BCUT2D eigenvalue weighted by Gasteiger charge is 2.44. The van der Waals surface area contributed by atoms with Gasteiger partial charge in [-0.2, -0.15) is 5.10 Å². The number of ether oxygens (including phenoxy) is 2. The van der Waals surface area contributed by atoms with Gasteiger partial charge in [-0.25, -0.2) is 14.1 Å². The Bertz CT molecular complexity index is 578. The van der Waals surface area contributed by atoms with Crippen LogP contribution in [-0.2, 0) is 11.3 Å². The van der Waals surface area contributed by atoms with E-state index >= 15 is 0 Å². The van der Waals surface area contributed by atoms with Gasteiger partial charge >= 0.3 is 0 Å². The van der Waals surface area contributed by atoms with Crippen LogP contribution < -0.4 is 4.74 Å². The van der Waals surface area contributed by atoms with Crippen LogP contribution in [0.4, 0.5) is 4.39 Å². The van der Waals surface area contributed by atoms with Gasteiger partial charge in [0.05, 0.1) is 6.54 Å². The molecule has 5 nitrogen and oxygen atoms in total. The standard InChI is InChI=1S/C16H22FN3O2/c1-15(2,3)16(21-4,9-20-12-18-11-19-20)10-22-14-7-5-13(17)6-8-14/h5-8,11-12H,9-10H2,1-4H3. The second-order valence-corrected chi connectivity index (χ2v) is 6.28. The maximum Gasteiger partial charge on any atom is 0.137 e. The summed E-state index contributed by atoms with van der Waals surface area (Å²) < 4.78 is 26.4. The van der Waals surface area contributed by atoms with Crippen molar-refractivity contribution in [2.75, 3.05) is 13.7 Å². The third-order valence-electron chi connectivity index (χ3n) is 3.93. The minimum Gasteiger partial charge on any atom is -0.490 e. The van der Waals surface area contributed by atoms with Gasteiger partial charge in [0.15, 0.2) is 0 Å². The lowest BCUT2D eigenvalue weighted by atomic mass is 9.76. The van der Waals surface area contributed by atoms with Crippen LogP contribution in [0.2, 0.25) is 0 Å². The molecule has 0 N–H and O–H groups in total. The van der Waals surface area contributed by atoms with Crippen molar-refractivity contribution in [3.8, 4) is 5.75 Å². The molecular weight excluding hydrogens is 285 g/mol. The monoisotopic (exact) mass is 307 g/mol. The second-order valence-electron chi connectivity index (χ2n) is 6.28. The van der Waals surface area contributed by atoms with E-state index in [4.69, 9.17) is 9.47 Å². The zero-order chi connectivity index (χ0) is 16.2. The normalized spacial score (nSPS) is 14.6. The number of halogens is 1. The number of hydrogen-bond donors (Lipinski definition) is 0. The maximum atomic E-state index is 13.0. The summed E-state index contributed by atoms with van der Waals surface area (Å²) in [6, 6.07) is 5.96. The first-order chi connectivity index (χ1) is 10.4. The van der Waals surface area contributed by atoms with Crippen molar-refractivity contribution in [2.24, 2.45) is 5.41 Å². The number of methoxy groups -OCH3 is 1. The highest BCUT2D eigenvalue weighted by molar-refractivity contribution is 5.22. The van der Waals surface area contributed by atoms with Crippen molar-refractivity contribution >= 4 is 0 Å². The van der Waals surface area contributed by atoms with E-state index in [1.807, 2.05) is 0 Å². The zero-order valence-corrected chi connectivity index (χ0v) is 13.4. The molecule has 0 aliphatic rings. The van der Waals surface area contributed by atoms with E-state index in [1.54, 1.807) is 30.3 Å². The van der Waals surface area contributed by atoms with Gasteiger partial charge in [-0.1, -0.05) is 20.8 Å². The molecule has 0 saturated heterocycles. The summed E-state index contributed by atoms with van der Waals surface area (Å²) in [5.74, 6) is 0.314. The Kier molecular flexibility index (Phi) is 4.81. The first-order valence-corrected chi connectivity index (χ1v) is 7.12. The average Bonchev–Trinajstić information content (AvgIpc) is 2.96. The fourth-order valence-electron chi connectivity index (χ4n) is 2.24. The minimum atomic E-state index is -0.602. The summed E-state index contributed by atoms with van der Waals surface area (Å²) >= 11 is 0. The van der Waals surface area contributed by atoms with Crippen LogP contribution >= 0.6 is 0 Å². The molecule has 0 radical (unpaired) electrons. The smallest absolute Gasteiger partial charge is 0.137 e. The van der Waals surface area contributed by atoms with Crippen LogP contribution in [0.25, 0.3) is 0 Å². The van der Waals surface area contributed by atoms with Crippen LogP contribution in [-0.4, -0.2) is 34.1 Å². The number of aromatic nitrogens is 3. The largest absolute Gasteiger partial charge is 0.490 e. The molecule has 0 amide bonds. The lowest BCUT2D eigenvalue weighted by molar-refractivity contribution is -0.129. The molecule has 1 aromatic carbocycles. The molecule has 0 spiro atoms. The van der Waals surface area contributed by atoms with Gasteiger partial charge in [-0.05, 0) is 29.7 Å². The number of hydrogen-bond acceptors (Lipinski definition) is 4. The molecule has 0 aliphatic carbocycles. The number of nitrogens with zero attached hydrogens (tertiary/aromatic N) is 3. The molecule has 2 rings (SSSR count). The Morgan fingerprint density at radius 3 is 2.36 bits per heavy atom. The van der Waals surface area contributed by atoms with Crippen molar-refractivity contribution in [3.63, 3.8) is 0 Å². The van der Waals surface area contributed by atoms with Crippen molar-refractivity contribution in [1.29, 1.82) is 0 Å². The predicted octanol–water partition coefficient (Wildman–Crippen LogP) is 2.93. The Balaban J connectivity index is 2.18. The SMILES string of the molecule is COC(COc1ccc(F)cc1)(Cn1cncn1)C(C)(C)C. The first kappa shape index (κ1) is 16.4. The number of rotatable bonds is 6. The van der Waals surface area contributed by atoms with E-state index in [9.17, 15) is 4.39 Å². The van der Waals surface area contributed by atoms with Crippen LogP contribution in [0.3, 0.4) is 0 Å². The van der Waals surface area contributed by atoms with Gasteiger partial charge < -0.3 is 9.47 Å². The summed E-state index contributed by atoms with van der Waals surface area (Å²) in [5, 5.41) is 4.15. The van der Waals surface area contributed by atoms with E-state index in [0.29, 0.717) is 18.9 Å². The van der Waals surface area contributed by atoms with Crippen molar-refractivity contribution < 1.29 is 13.9 Å². The molecular formula is C16H22FN3O2. The third kappa shape index (κ3) is 3.62. The predicted molar refractivity (Wildman–Crippen MR) is 81.1 cm³/mol. The lowest BCUT2D eigenvalue weighted by Gasteiger charge is -2.43. The molecule has 0 saturated carbocycles. The van der Waals surface area contributed by atoms with E-state index in [0.717, 1.165) is 0 Å². The summed E-state index contributed by atoms with van der Waals surface area (Å²) in [5.41, 5.74) is -0.803. The van der Waals surface area contributed by atoms with Crippen LogP contribution in [0.15, 0.2) is 36.9 Å². The quantitative estimate of drug-likeness (QED) is 0.823. The van der Waals surface area contributed by atoms with Gasteiger partial charge in [0.25, 0.3) is 0 Å². The molecule has 1 atom stereocenters. The maximum absolute atomic E-state index is 13.0. The topological polar surface area (TPSA) is 49.2 Å². The van der Waals surface area contributed by atoms with Gasteiger partial charge in [-0.15, -0.1) is 0 Å². The minimum absolute atomic E-state index is 0.201. The summed E-state index contributed by atoms with van der Waals surface area (Å²) in [4.78, 5) is 3.96. The molecule has 1 heterocycles. The molecule has 1 unspecified atom stereocenters. The van der Waals surface area contributed by atoms with Crippen LogP contribution in [0, 0.1) is 11.2 Å². The van der Waals surface area contributed by atoms with E-state index in [1.165, 1.54) is 18.5 Å². The van der Waals surface area contributed by atoms with Crippen molar-refractivity contribution in [3.05, 3.63) is 42.7 Å². The summed E-state index contributed by atoms with van der Waals surface area (Å²) in [6.45, 7) is 7.08. The van der Waals surface area contributed by atoms with E-state index < -0.39 is 5.60 Å². The van der Waals surface area contributed by atoms with Gasteiger partial charge in [0.1, 0.15) is 36.4 Å². The molecule has 1 aromatic heterocycles. The van der Waals surface area contributed by atoms with Crippen molar-refractivity contribution in [2.45, 2.75) is 32.9 Å². The average molecular weight is 307 g/mol. The molecule has 22 heavy (non-hydrogen) atoms. The number of benzene rings is 1. The Hall–Kier alpha value is -1.95. The molecule has 120 valence electrons. The lowest BCUT2D eigenvalue weighted by Crippen LogP contribution is -2.53. The fraction of sp³-hybridized carbons (Fsp3) is 0.500. The van der Waals surface area contributed by atoms with Crippen LogP contribution in [0.1, 0.15) is 20.8 Å². The van der Waals surface area contributed by atoms with E-state index in [-0.39, 0.29) is 11.2 Å². The van der Waals surface area contributed by atoms with E-state index in [2.05, 4.69) is 30.9 Å². The summed E-state index contributed by atoms with van der Waals surface area (Å²) in [6.07, 6.45) is 3.14. The molecule has 0 bridgehead atoms. The molecule has 0 fully saturated rings. The molecule has 2 aromatic rings. The Morgan fingerprint density at radius 1 is 1.18 bits per heavy atom. The highest BCUT2D eigenvalue weighted by atomic mass is 19.1.